The van der Waals surface area contributed by atoms with Crippen molar-refractivity contribution in [2.75, 3.05) is 6.54 Å². The summed E-state index contributed by atoms with van der Waals surface area (Å²) in [7, 11) is 0. The summed E-state index contributed by atoms with van der Waals surface area (Å²) in [5.74, 6) is 0. The molecule has 0 aliphatic carbocycles. The Morgan fingerprint density at radius 1 is 1.57 bits per heavy atom. The Labute approximate surface area is 44.3 Å². The van der Waals surface area contributed by atoms with Crippen LogP contribution < -0.4 is 0 Å². The molecule has 0 amide bonds. The van der Waals surface area contributed by atoms with Crippen molar-refractivity contribution < 1.29 is 4.79 Å². The van der Waals surface area contributed by atoms with E-state index in [4.69, 9.17) is 4.79 Å². The summed E-state index contributed by atoms with van der Waals surface area (Å²) < 4.78 is 0. The van der Waals surface area contributed by atoms with Crippen molar-refractivity contribution in [2.24, 2.45) is 4.99 Å². The van der Waals surface area contributed by atoms with Gasteiger partial charge in [0, 0.05) is 6.54 Å². The summed E-state index contributed by atoms with van der Waals surface area (Å²) in [6.45, 7) is 6.33. The van der Waals surface area contributed by atoms with Gasteiger partial charge in [0.05, 0.1) is 0 Å². The lowest BCUT2D eigenvalue weighted by Crippen LogP contribution is -1.58. The van der Waals surface area contributed by atoms with Crippen molar-refractivity contribution in [3.05, 3.63) is 0 Å². The van der Waals surface area contributed by atoms with Gasteiger partial charge in [-0.05, 0) is 6.92 Å². The maximum atomic E-state index is 9.11. The molecule has 0 N–H and O–H groups in total. The Balaban J connectivity index is 0. The van der Waals surface area contributed by atoms with Crippen LogP contribution in [0.2, 0.25) is 0 Å². The molecule has 0 unspecified atom stereocenters. The number of nitrogens with zero attached hydrogens (tertiary/aromatic N) is 1. The highest BCUT2D eigenvalue weighted by molar-refractivity contribution is 5.32. The van der Waals surface area contributed by atoms with Crippen molar-refractivity contribution in [2.45, 2.75) is 20.8 Å². The Hall–Kier alpha value is -0.620. The van der Waals surface area contributed by atoms with Gasteiger partial charge in [0.15, 0.2) is 0 Å². The van der Waals surface area contributed by atoms with Crippen molar-refractivity contribution in [1.29, 1.82) is 0 Å². The van der Waals surface area contributed by atoms with Crippen molar-refractivity contribution >= 4 is 6.08 Å². The van der Waals surface area contributed by atoms with E-state index in [1.165, 1.54) is 6.08 Å². The van der Waals surface area contributed by atoms with Crippen LogP contribution in [0.1, 0.15) is 20.8 Å². The van der Waals surface area contributed by atoms with Gasteiger partial charge < -0.3 is 0 Å². The third kappa shape index (κ3) is 32.3. The lowest BCUT2D eigenvalue weighted by Gasteiger charge is -1.58. The molecule has 0 spiro atoms. The summed E-state index contributed by atoms with van der Waals surface area (Å²) in [6.07, 6.45) is 1.39. The monoisotopic (exact) mass is 101 g/mol. The maximum absolute atomic E-state index is 9.11. The SMILES string of the molecule is CC.CCN=C=O. The third-order valence-corrected chi connectivity index (χ3v) is 0.223. The van der Waals surface area contributed by atoms with E-state index in [9.17, 15) is 0 Å². The van der Waals surface area contributed by atoms with E-state index in [0.717, 1.165) is 0 Å². The van der Waals surface area contributed by atoms with Gasteiger partial charge in [0.25, 0.3) is 0 Å². The van der Waals surface area contributed by atoms with E-state index in [0.29, 0.717) is 6.54 Å². The molecule has 0 aromatic rings. The smallest absolute Gasteiger partial charge is 0.211 e. The summed E-state index contributed by atoms with van der Waals surface area (Å²) >= 11 is 0. The van der Waals surface area contributed by atoms with Crippen LogP contribution in [0.5, 0.6) is 0 Å². The van der Waals surface area contributed by atoms with Gasteiger partial charge >= 0.3 is 0 Å². The second-order valence-electron chi connectivity index (χ2n) is 0.566. The first kappa shape index (κ1) is 9.63. The zero-order chi connectivity index (χ0) is 6.12. The molecule has 0 saturated heterocycles. The summed E-state index contributed by atoms with van der Waals surface area (Å²) in [5, 5.41) is 0. The van der Waals surface area contributed by atoms with Gasteiger partial charge in [-0.25, -0.2) is 9.79 Å². The zero-order valence-corrected chi connectivity index (χ0v) is 5.06. The molecular formula is C5H11NO. The number of hydrogen-bond donors (Lipinski definition) is 0. The molecule has 0 saturated carbocycles. The molecule has 0 aliphatic heterocycles. The highest BCUT2D eigenvalue weighted by Gasteiger charge is 1.52. The topological polar surface area (TPSA) is 29.4 Å². The summed E-state index contributed by atoms with van der Waals surface area (Å²) in [4.78, 5) is 12.3. The standard InChI is InChI=1S/C3H5NO.C2H6/c1-2-4-3-5;1-2/h2H2,1H3;1-2H3. The minimum atomic E-state index is 0.545. The average molecular weight is 101 g/mol. The molecule has 0 heterocycles. The van der Waals surface area contributed by atoms with E-state index in [1.54, 1.807) is 6.92 Å². The number of rotatable bonds is 1. The molecule has 0 fully saturated rings. The first-order chi connectivity index (χ1) is 3.41. The van der Waals surface area contributed by atoms with Gasteiger partial charge in [0.2, 0.25) is 6.08 Å². The molecule has 7 heavy (non-hydrogen) atoms. The number of carbonyl (C=O) groups excluding carboxylic acids is 1. The first-order valence-corrected chi connectivity index (χ1v) is 2.45. The fourth-order valence-corrected chi connectivity index (χ4v) is 0.0645. The van der Waals surface area contributed by atoms with Crippen LogP contribution in [-0.4, -0.2) is 12.6 Å². The van der Waals surface area contributed by atoms with Gasteiger partial charge in [-0.15, -0.1) is 0 Å². The van der Waals surface area contributed by atoms with Crippen molar-refractivity contribution in [1.82, 2.24) is 0 Å². The molecule has 42 valence electrons. The Morgan fingerprint density at radius 2 is 2.00 bits per heavy atom. The number of hydrogen-bond acceptors (Lipinski definition) is 2. The summed E-state index contributed by atoms with van der Waals surface area (Å²) in [5.41, 5.74) is 0. The van der Waals surface area contributed by atoms with Crippen molar-refractivity contribution in [3.8, 4) is 0 Å². The lowest BCUT2D eigenvalue weighted by atomic mass is 10.8. The lowest BCUT2D eigenvalue weighted by molar-refractivity contribution is 0.563. The van der Waals surface area contributed by atoms with Crippen LogP contribution in [0.25, 0.3) is 0 Å². The Bertz CT molecular complexity index is 55.1. The van der Waals surface area contributed by atoms with Crippen LogP contribution in [-0.2, 0) is 4.79 Å². The maximum Gasteiger partial charge on any atom is 0.234 e. The second kappa shape index (κ2) is 18.2. The quantitative estimate of drug-likeness (QED) is 0.362. The number of aliphatic imine (C=N–C) groups is 1. The third-order valence-electron chi connectivity index (χ3n) is 0.223. The predicted molar refractivity (Wildman–Crippen MR) is 30.0 cm³/mol. The first-order valence-electron chi connectivity index (χ1n) is 2.45. The van der Waals surface area contributed by atoms with Crippen molar-refractivity contribution in [3.63, 3.8) is 0 Å². The van der Waals surface area contributed by atoms with E-state index in [1.807, 2.05) is 13.8 Å². The highest BCUT2D eigenvalue weighted by Crippen LogP contribution is 1.52. The molecule has 2 heteroatoms. The highest BCUT2D eigenvalue weighted by atomic mass is 16.1. The van der Waals surface area contributed by atoms with Gasteiger partial charge in [-0.2, -0.15) is 0 Å². The predicted octanol–water partition coefficient (Wildman–Crippen LogP) is 1.37. The number of isocyanates is 1. The zero-order valence-electron chi connectivity index (χ0n) is 5.06. The minimum absolute atomic E-state index is 0.545. The molecular weight excluding hydrogens is 90.1 g/mol. The molecule has 0 bridgehead atoms. The molecule has 0 atom stereocenters. The molecule has 0 aromatic carbocycles. The van der Waals surface area contributed by atoms with E-state index in [-0.39, 0.29) is 0 Å². The molecule has 0 rings (SSSR count). The molecule has 0 aromatic heterocycles. The van der Waals surface area contributed by atoms with Crippen LogP contribution >= 0.6 is 0 Å². The summed E-state index contributed by atoms with van der Waals surface area (Å²) in [6, 6.07) is 0. The fraction of sp³-hybridized carbons (Fsp3) is 0.800. The fourth-order valence-electron chi connectivity index (χ4n) is 0.0645. The second-order valence-corrected chi connectivity index (χ2v) is 0.566. The average Bonchev–Trinajstić information content (AvgIpc) is 1.75. The van der Waals surface area contributed by atoms with Gasteiger partial charge in [0.1, 0.15) is 0 Å². The largest absolute Gasteiger partial charge is 0.234 e. The minimum Gasteiger partial charge on any atom is -0.211 e. The Morgan fingerprint density at radius 3 is 2.00 bits per heavy atom. The van der Waals surface area contributed by atoms with E-state index >= 15 is 0 Å². The van der Waals surface area contributed by atoms with Gasteiger partial charge in [-0.1, -0.05) is 13.8 Å². The molecule has 0 aliphatic rings. The van der Waals surface area contributed by atoms with Crippen LogP contribution in [0.15, 0.2) is 4.99 Å². The van der Waals surface area contributed by atoms with E-state index < -0.39 is 0 Å². The van der Waals surface area contributed by atoms with Crippen LogP contribution in [0.4, 0.5) is 0 Å². The Kier molecular flexibility index (Phi) is 25.1. The van der Waals surface area contributed by atoms with E-state index in [2.05, 4.69) is 4.99 Å². The van der Waals surface area contributed by atoms with Gasteiger partial charge in [-0.3, -0.25) is 0 Å². The van der Waals surface area contributed by atoms with Crippen LogP contribution in [0.3, 0.4) is 0 Å². The normalized spacial score (nSPS) is 5.00. The molecule has 0 radical (unpaired) electrons. The molecule has 2 nitrogen and oxygen atoms in total. The van der Waals surface area contributed by atoms with Crippen LogP contribution in [0, 0.1) is 0 Å².